The molecule has 1 aliphatic rings. The van der Waals surface area contributed by atoms with Crippen molar-refractivity contribution < 1.29 is 14.3 Å². The van der Waals surface area contributed by atoms with Crippen LogP contribution in [0.15, 0.2) is 48.5 Å². The maximum atomic E-state index is 11.7. The van der Waals surface area contributed by atoms with Crippen LogP contribution in [0.1, 0.15) is 29.9 Å². The first kappa shape index (κ1) is 15.0. The van der Waals surface area contributed by atoms with E-state index in [-0.39, 0.29) is 29.4 Å². The molecule has 2 aromatic rings. The molecule has 112 valence electrons. The molecule has 0 saturated heterocycles. The summed E-state index contributed by atoms with van der Waals surface area (Å²) in [5, 5.41) is 0. The molecular formula is C18H15BrO3. The molecule has 22 heavy (non-hydrogen) atoms. The van der Waals surface area contributed by atoms with Gasteiger partial charge in [-0.05, 0) is 38.2 Å². The van der Waals surface area contributed by atoms with Crippen LogP contribution in [0.2, 0.25) is 0 Å². The van der Waals surface area contributed by atoms with Crippen LogP contribution in [0.4, 0.5) is 0 Å². The van der Waals surface area contributed by atoms with Crippen LogP contribution in [0.3, 0.4) is 0 Å². The topological polar surface area (TPSA) is 43.4 Å². The van der Waals surface area contributed by atoms with E-state index < -0.39 is 0 Å². The van der Waals surface area contributed by atoms with Crippen LogP contribution in [0.25, 0.3) is 11.1 Å². The summed E-state index contributed by atoms with van der Waals surface area (Å²) in [6.45, 7) is 0.309. The molecule has 0 atom stereocenters. The Morgan fingerprint density at radius 1 is 0.909 bits per heavy atom. The second-order valence-electron chi connectivity index (χ2n) is 5.27. The first-order valence-corrected chi connectivity index (χ1v) is 7.98. The molecule has 3 rings (SSSR count). The van der Waals surface area contributed by atoms with Crippen molar-refractivity contribution in [3.8, 4) is 11.1 Å². The summed E-state index contributed by atoms with van der Waals surface area (Å²) in [7, 11) is 0. The third-order valence-electron chi connectivity index (χ3n) is 3.90. The van der Waals surface area contributed by atoms with Crippen molar-refractivity contribution in [3.05, 3.63) is 59.7 Å². The summed E-state index contributed by atoms with van der Waals surface area (Å²) in [5.74, 6) is -0.273. The molecule has 2 aromatic carbocycles. The zero-order valence-electron chi connectivity index (χ0n) is 11.9. The smallest absolute Gasteiger partial charge is 0.306 e. The van der Waals surface area contributed by atoms with E-state index in [1.807, 2.05) is 24.3 Å². The summed E-state index contributed by atoms with van der Waals surface area (Å²) in [4.78, 5) is 22.6. The fourth-order valence-electron chi connectivity index (χ4n) is 2.89. The number of ether oxygens (including phenoxy) is 1. The molecule has 0 unspecified atom stereocenters. The standard InChI is InChI=1S/C18H15BrO3/c19-17(20)9-10-18(21)22-11-16-14-7-3-1-5-12(14)13-6-2-4-8-15(13)16/h1-8,16H,9-11H2. The first-order valence-electron chi connectivity index (χ1n) is 7.19. The molecule has 0 heterocycles. The second-order valence-corrected chi connectivity index (χ2v) is 6.15. The molecular weight excluding hydrogens is 344 g/mol. The van der Waals surface area contributed by atoms with Gasteiger partial charge < -0.3 is 4.74 Å². The minimum Gasteiger partial charge on any atom is -0.465 e. The molecule has 0 radical (unpaired) electrons. The largest absolute Gasteiger partial charge is 0.465 e. The Kier molecular flexibility index (Phi) is 4.39. The number of hydrogen-bond donors (Lipinski definition) is 0. The summed E-state index contributed by atoms with van der Waals surface area (Å²) >= 11 is 2.82. The van der Waals surface area contributed by atoms with Crippen LogP contribution < -0.4 is 0 Å². The Labute approximate surface area is 137 Å². The van der Waals surface area contributed by atoms with Gasteiger partial charge in [0.15, 0.2) is 4.69 Å². The van der Waals surface area contributed by atoms with Crippen LogP contribution in [0, 0.1) is 0 Å². The Bertz CT molecular complexity index is 678. The zero-order valence-corrected chi connectivity index (χ0v) is 13.5. The normalized spacial score (nSPS) is 12.6. The van der Waals surface area contributed by atoms with E-state index in [4.69, 9.17) is 4.74 Å². The third-order valence-corrected chi connectivity index (χ3v) is 4.30. The lowest BCUT2D eigenvalue weighted by atomic mass is 9.98. The first-order chi connectivity index (χ1) is 10.7. The van der Waals surface area contributed by atoms with Crippen LogP contribution in [-0.4, -0.2) is 17.3 Å². The highest BCUT2D eigenvalue weighted by atomic mass is 79.9. The van der Waals surface area contributed by atoms with Gasteiger partial charge in [-0.2, -0.15) is 0 Å². The summed E-state index contributed by atoms with van der Waals surface area (Å²) in [5.41, 5.74) is 4.78. The van der Waals surface area contributed by atoms with E-state index in [9.17, 15) is 9.59 Å². The van der Waals surface area contributed by atoms with Gasteiger partial charge in [0.05, 0.1) is 6.42 Å². The number of benzene rings is 2. The van der Waals surface area contributed by atoms with Gasteiger partial charge in [0.25, 0.3) is 0 Å². The summed E-state index contributed by atoms with van der Waals surface area (Å²) in [6, 6.07) is 16.4. The quantitative estimate of drug-likeness (QED) is 0.598. The zero-order chi connectivity index (χ0) is 15.5. The summed E-state index contributed by atoms with van der Waals surface area (Å²) in [6.07, 6.45) is 0.275. The molecule has 3 nitrogen and oxygen atoms in total. The van der Waals surface area contributed by atoms with Crippen molar-refractivity contribution in [2.24, 2.45) is 0 Å². The van der Waals surface area contributed by atoms with Gasteiger partial charge in [0, 0.05) is 12.3 Å². The average Bonchev–Trinajstić information content (AvgIpc) is 2.85. The maximum Gasteiger partial charge on any atom is 0.306 e. The molecule has 0 amide bonds. The lowest BCUT2D eigenvalue weighted by Crippen LogP contribution is -2.12. The lowest BCUT2D eigenvalue weighted by molar-refractivity contribution is -0.144. The van der Waals surface area contributed by atoms with Crippen molar-refractivity contribution in [2.45, 2.75) is 18.8 Å². The predicted molar refractivity (Wildman–Crippen MR) is 87.8 cm³/mol. The molecule has 0 fully saturated rings. The third kappa shape index (κ3) is 2.97. The average molecular weight is 359 g/mol. The van der Waals surface area contributed by atoms with Gasteiger partial charge in [0.2, 0.25) is 0 Å². The number of carbonyl (C=O) groups is 2. The van der Waals surface area contributed by atoms with Gasteiger partial charge in [0.1, 0.15) is 6.61 Å². The molecule has 1 aliphatic carbocycles. The van der Waals surface area contributed by atoms with Crippen molar-refractivity contribution in [3.63, 3.8) is 0 Å². The highest BCUT2D eigenvalue weighted by Crippen LogP contribution is 2.44. The van der Waals surface area contributed by atoms with Gasteiger partial charge >= 0.3 is 5.97 Å². The monoisotopic (exact) mass is 358 g/mol. The highest BCUT2D eigenvalue weighted by Gasteiger charge is 2.28. The molecule has 4 heteroatoms. The van der Waals surface area contributed by atoms with Crippen LogP contribution >= 0.6 is 15.9 Å². The van der Waals surface area contributed by atoms with Crippen LogP contribution in [0.5, 0.6) is 0 Å². The Balaban J connectivity index is 1.77. The van der Waals surface area contributed by atoms with E-state index in [2.05, 4.69) is 40.2 Å². The fraction of sp³-hybridized carbons (Fsp3) is 0.222. The second kappa shape index (κ2) is 6.44. The number of carbonyl (C=O) groups excluding carboxylic acids is 2. The Hall–Kier alpha value is -1.94. The number of esters is 1. The van der Waals surface area contributed by atoms with E-state index in [0.717, 1.165) is 0 Å². The van der Waals surface area contributed by atoms with E-state index in [1.165, 1.54) is 22.3 Å². The lowest BCUT2D eigenvalue weighted by Gasteiger charge is -2.13. The molecule has 0 aliphatic heterocycles. The van der Waals surface area contributed by atoms with Gasteiger partial charge in [-0.25, -0.2) is 0 Å². The predicted octanol–water partition coefficient (Wildman–Crippen LogP) is 4.04. The highest BCUT2D eigenvalue weighted by molar-refractivity contribution is 9.18. The van der Waals surface area contributed by atoms with Gasteiger partial charge in [-0.3, -0.25) is 9.59 Å². The molecule has 0 aromatic heterocycles. The van der Waals surface area contributed by atoms with Gasteiger partial charge in [-0.15, -0.1) is 0 Å². The molecule has 0 bridgehead atoms. The van der Waals surface area contributed by atoms with Crippen LogP contribution in [-0.2, 0) is 14.3 Å². The van der Waals surface area contributed by atoms with E-state index >= 15 is 0 Å². The number of fused-ring (bicyclic) bond motifs is 3. The number of hydrogen-bond acceptors (Lipinski definition) is 3. The van der Waals surface area contributed by atoms with Crippen molar-refractivity contribution in [1.29, 1.82) is 0 Å². The SMILES string of the molecule is O=C(Br)CCC(=O)OCC1c2ccccc2-c2ccccc21. The minimum atomic E-state index is -0.338. The molecule has 0 spiro atoms. The van der Waals surface area contributed by atoms with Gasteiger partial charge in [-0.1, -0.05) is 48.5 Å². The Morgan fingerprint density at radius 3 is 2.00 bits per heavy atom. The fourth-order valence-corrected chi connectivity index (χ4v) is 3.09. The molecule has 0 N–H and O–H groups in total. The number of rotatable bonds is 5. The van der Waals surface area contributed by atoms with E-state index in [1.54, 1.807) is 0 Å². The minimum absolute atomic E-state index is 0.0658. The maximum absolute atomic E-state index is 11.7. The van der Waals surface area contributed by atoms with Crippen molar-refractivity contribution in [1.82, 2.24) is 0 Å². The Morgan fingerprint density at radius 2 is 1.45 bits per heavy atom. The summed E-state index contributed by atoms with van der Waals surface area (Å²) < 4.78 is 5.20. The number of halogens is 1. The molecule has 0 saturated carbocycles. The van der Waals surface area contributed by atoms with E-state index in [0.29, 0.717) is 6.61 Å². The van der Waals surface area contributed by atoms with Crippen molar-refractivity contribution >= 4 is 26.6 Å². The van der Waals surface area contributed by atoms with Crippen molar-refractivity contribution in [2.75, 3.05) is 6.61 Å².